The Labute approximate surface area is 148 Å². The van der Waals surface area contributed by atoms with Crippen molar-refractivity contribution in [1.82, 2.24) is 9.62 Å². The lowest BCUT2D eigenvalue weighted by atomic mass is 10.2. The standard InChI is InChI=1S/C13H15BrCl2N2O3S/c1-8(19)17-9-4-5-18(7-9)22(20,21)12-3-2-11(15)10(6-14)13(12)16/h2-3,9H,4-7H2,1H3,(H,17,19)/t9-/m1/s1. The van der Waals surface area contributed by atoms with Crippen molar-refractivity contribution in [2.45, 2.75) is 29.6 Å². The normalized spacial score (nSPS) is 19.4. The van der Waals surface area contributed by atoms with Crippen LogP contribution in [-0.4, -0.2) is 37.8 Å². The molecule has 0 aromatic heterocycles. The maximum absolute atomic E-state index is 12.7. The van der Waals surface area contributed by atoms with Crippen molar-refractivity contribution in [3.8, 4) is 0 Å². The average molecular weight is 430 g/mol. The predicted octanol–water partition coefficient (Wildman–Crippen LogP) is 2.79. The maximum atomic E-state index is 12.7. The van der Waals surface area contributed by atoms with Crippen LogP contribution in [0.1, 0.15) is 18.9 Å². The van der Waals surface area contributed by atoms with Gasteiger partial charge >= 0.3 is 0 Å². The first kappa shape index (κ1) is 18.0. The number of sulfonamides is 1. The molecule has 0 radical (unpaired) electrons. The van der Waals surface area contributed by atoms with Crippen LogP contribution in [0, 0.1) is 0 Å². The van der Waals surface area contributed by atoms with Crippen LogP contribution in [0.3, 0.4) is 0 Å². The summed E-state index contributed by atoms with van der Waals surface area (Å²) in [6, 6.07) is 2.77. The monoisotopic (exact) mass is 428 g/mol. The number of hydrogen-bond donors (Lipinski definition) is 1. The van der Waals surface area contributed by atoms with E-state index in [4.69, 9.17) is 23.2 Å². The molecule has 0 unspecified atom stereocenters. The van der Waals surface area contributed by atoms with Crippen molar-refractivity contribution in [2.24, 2.45) is 0 Å². The van der Waals surface area contributed by atoms with Gasteiger partial charge in [0.05, 0.1) is 5.02 Å². The van der Waals surface area contributed by atoms with Crippen LogP contribution in [0.25, 0.3) is 0 Å². The van der Waals surface area contributed by atoms with Crippen LogP contribution in [-0.2, 0) is 20.1 Å². The zero-order chi connectivity index (χ0) is 16.5. The molecule has 1 N–H and O–H groups in total. The third-order valence-corrected chi connectivity index (χ3v) is 6.83. The van der Waals surface area contributed by atoms with Gasteiger partial charge in [-0.1, -0.05) is 39.1 Å². The Morgan fingerprint density at radius 2 is 2.14 bits per heavy atom. The lowest BCUT2D eigenvalue weighted by Gasteiger charge is -2.19. The van der Waals surface area contributed by atoms with Crippen molar-refractivity contribution >= 4 is 55.1 Å². The van der Waals surface area contributed by atoms with Gasteiger partial charge in [0, 0.05) is 42.0 Å². The molecule has 5 nitrogen and oxygen atoms in total. The molecule has 1 atom stereocenters. The van der Waals surface area contributed by atoms with E-state index in [1.807, 2.05) is 0 Å². The highest BCUT2D eigenvalue weighted by Crippen LogP contribution is 2.34. The van der Waals surface area contributed by atoms with Gasteiger partial charge in [-0.3, -0.25) is 4.79 Å². The fraction of sp³-hybridized carbons (Fsp3) is 0.462. The number of nitrogens with zero attached hydrogens (tertiary/aromatic N) is 1. The number of nitrogens with one attached hydrogen (secondary N) is 1. The third-order valence-electron chi connectivity index (χ3n) is 3.46. The fourth-order valence-corrected chi connectivity index (χ4v) is 5.68. The van der Waals surface area contributed by atoms with Gasteiger partial charge in [0.15, 0.2) is 0 Å². The minimum absolute atomic E-state index is 0.0384. The fourth-order valence-electron chi connectivity index (χ4n) is 2.39. The van der Waals surface area contributed by atoms with Gasteiger partial charge in [-0.15, -0.1) is 0 Å². The first-order valence-corrected chi connectivity index (χ1v) is 9.89. The Bertz CT molecular complexity index is 697. The molecule has 1 amide bonds. The summed E-state index contributed by atoms with van der Waals surface area (Å²) < 4.78 is 26.8. The van der Waals surface area contributed by atoms with E-state index in [1.54, 1.807) is 0 Å². The summed E-state index contributed by atoms with van der Waals surface area (Å²) in [5, 5.41) is 3.65. The van der Waals surface area contributed by atoms with Crippen LogP contribution in [0.15, 0.2) is 17.0 Å². The summed E-state index contributed by atoms with van der Waals surface area (Å²) in [6.07, 6.45) is 0.579. The van der Waals surface area contributed by atoms with Crippen molar-refractivity contribution in [3.63, 3.8) is 0 Å². The molecular weight excluding hydrogens is 415 g/mol. The van der Waals surface area contributed by atoms with Gasteiger partial charge in [0.2, 0.25) is 15.9 Å². The maximum Gasteiger partial charge on any atom is 0.244 e. The summed E-state index contributed by atoms with van der Waals surface area (Å²) in [5.41, 5.74) is 0.544. The Hall–Kier alpha value is -0.340. The molecule has 22 heavy (non-hydrogen) atoms. The first-order valence-electron chi connectivity index (χ1n) is 6.57. The minimum Gasteiger partial charge on any atom is -0.352 e. The number of alkyl halides is 1. The summed E-state index contributed by atoms with van der Waals surface area (Å²) in [4.78, 5) is 11.1. The molecular formula is C13H15BrCl2N2O3S. The van der Waals surface area contributed by atoms with Crippen LogP contribution < -0.4 is 5.32 Å². The summed E-state index contributed by atoms with van der Waals surface area (Å²) in [7, 11) is -3.72. The second-order valence-electron chi connectivity index (χ2n) is 5.02. The van der Waals surface area contributed by atoms with E-state index in [0.717, 1.165) is 0 Å². The smallest absolute Gasteiger partial charge is 0.244 e. The van der Waals surface area contributed by atoms with Crippen molar-refractivity contribution < 1.29 is 13.2 Å². The molecule has 0 bridgehead atoms. The molecule has 1 aliphatic heterocycles. The van der Waals surface area contributed by atoms with Crippen molar-refractivity contribution in [2.75, 3.05) is 13.1 Å². The van der Waals surface area contributed by atoms with E-state index < -0.39 is 10.0 Å². The molecule has 0 spiro atoms. The second kappa shape index (κ2) is 7.05. The number of hydrogen-bond acceptors (Lipinski definition) is 3. The Morgan fingerprint density at radius 1 is 1.45 bits per heavy atom. The first-order chi connectivity index (χ1) is 10.3. The third kappa shape index (κ3) is 3.59. The molecule has 1 aromatic rings. The lowest BCUT2D eigenvalue weighted by Crippen LogP contribution is -2.37. The molecule has 122 valence electrons. The topological polar surface area (TPSA) is 66.5 Å². The predicted molar refractivity (Wildman–Crippen MR) is 90.1 cm³/mol. The van der Waals surface area contributed by atoms with E-state index >= 15 is 0 Å². The van der Waals surface area contributed by atoms with Crippen LogP contribution in [0.2, 0.25) is 10.0 Å². The van der Waals surface area contributed by atoms with E-state index in [0.29, 0.717) is 28.9 Å². The summed E-state index contributed by atoms with van der Waals surface area (Å²) >= 11 is 15.5. The molecule has 0 saturated carbocycles. The van der Waals surface area contributed by atoms with E-state index in [2.05, 4.69) is 21.2 Å². The summed E-state index contributed by atoms with van der Waals surface area (Å²) in [6.45, 7) is 2.00. The molecule has 9 heteroatoms. The van der Waals surface area contributed by atoms with E-state index in [9.17, 15) is 13.2 Å². The van der Waals surface area contributed by atoms with Gasteiger partial charge in [-0.05, 0) is 18.6 Å². The quantitative estimate of drug-likeness (QED) is 0.748. The van der Waals surface area contributed by atoms with Crippen molar-refractivity contribution in [1.29, 1.82) is 0 Å². The van der Waals surface area contributed by atoms with E-state index in [-0.39, 0.29) is 28.4 Å². The van der Waals surface area contributed by atoms with Crippen molar-refractivity contribution in [3.05, 3.63) is 27.7 Å². The largest absolute Gasteiger partial charge is 0.352 e. The summed E-state index contributed by atoms with van der Waals surface area (Å²) in [5.74, 6) is -0.171. The minimum atomic E-state index is -3.72. The van der Waals surface area contributed by atoms with Gasteiger partial charge in [0.25, 0.3) is 0 Å². The highest BCUT2D eigenvalue weighted by atomic mass is 79.9. The van der Waals surface area contributed by atoms with E-state index in [1.165, 1.54) is 23.4 Å². The SMILES string of the molecule is CC(=O)N[C@@H]1CCN(S(=O)(=O)c2ccc(Cl)c(CBr)c2Cl)C1. The average Bonchev–Trinajstić information content (AvgIpc) is 2.87. The number of halogens is 3. The van der Waals surface area contributed by atoms with Gasteiger partial charge in [-0.25, -0.2) is 8.42 Å². The number of benzene rings is 1. The molecule has 1 aliphatic rings. The molecule has 1 aromatic carbocycles. The highest BCUT2D eigenvalue weighted by Gasteiger charge is 2.34. The zero-order valence-corrected chi connectivity index (χ0v) is 15.7. The Morgan fingerprint density at radius 3 is 2.73 bits per heavy atom. The van der Waals surface area contributed by atoms with Crippen LogP contribution in [0.4, 0.5) is 0 Å². The van der Waals surface area contributed by atoms with Crippen LogP contribution in [0.5, 0.6) is 0 Å². The Balaban J connectivity index is 2.31. The van der Waals surface area contributed by atoms with Gasteiger partial charge in [0.1, 0.15) is 4.90 Å². The molecule has 1 saturated heterocycles. The number of carbonyl (C=O) groups excluding carboxylic acids is 1. The molecule has 2 rings (SSSR count). The molecule has 1 fully saturated rings. The van der Waals surface area contributed by atoms with Gasteiger partial charge in [-0.2, -0.15) is 4.31 Å². The molecule has 0 aliphatic carbocycles. The highest BCUT2D eigenvalue weighted by molar-refractivity contribution is 9.08. The second-order valence-corrected chi connectivity index (χ2v) is 8.27. The van der Waals surface area contributed by atoms with Gasteiger partial charge < -0.3 is 5.32 Å². The zero-order valence-electron chi connectivity index (χ0n) is 11.8. The number of amides is 1. The number of carbonyl (C=O) groups is 1. The van der Waals surface area contributed by atoms with Crippen LogP contribution >= 0.6 is 39.1 Å². The Kier molecular flexibility index (Phi) is 5.77. The molecule has 1 heterocycles. The number of rotatable bonds is 4. The lowest BCUT2D eigenvalue weighted by molar-refractivity contribution is -0.119.